The lowest BCUT2D eigenvalue weighted by Gasteiger charge is -2.02. The van der Waals surface area contributed by atoms with E-state index in [-0.39, 0.29) is 0 Å². The van der Waals surface area contributed by atoms with Crippen LogP contribution in [0.15, 0.2) is 29.4 Å². The molecule has 0 unspecified atom stereocenters. The van der Waals surface area contributed by atoms with Crippen LogP contribution >= 0.6 is 0 Å². The van der Waals surface area contributed by atoms with Crippen LogP contribution in [0.3, 0.4) is 0 Å². The van der Waals surface area contributed by atoms with Crippen molar-refractivity contribution in [1.29, 1.82) is 0 Å². The van der Waals surface area contributed by atoms with Crippen LogP contribution in [0.2, 0.25) is 0 Å². The van der Waals surface area contributed by atoms with Crippen LogP contribution in [0.5, 0.6) is 0 Å². The molecule has 0 aliphatic rings. The molecule has 1 aromatic rings. The van der Waals surface area contributed by atoms with Gasteiger partial charge < -0.3 is 10.6 Å². The Bertz CT molecular complexity index is 317. The van der Waals surface area contributed by atoms with E-state index in [9.17, 15) is 0 Å². The van der Waals surface area contributed by atoms with Crippen molar-refractivity contribution in [2.45, 2.75) is 26.2 Å². The number of oxime groups is 1. The van der Waals surface area contributed by atoms with Crippen molar-refractivity contribution in [3.8, 4) is 0 Å². The van der Waals surface area contributed by atoms with Gasteiger partial charge in [0.2, 0.25) is 0 Å². The van der Waals surface area contributed by atoms with Crippen molar-refractivity contribution in [1.82, 2.24) is 0 Å². The summed E-state index contributed by atoms with van der Waals surface area (Å²) in [7, 11) is 1.49. The zero-order chi connectivity index (χ0) is 11.1. The van der Waals surface area contributed by atoms with Crippen molar-refractivity contribution in [2.24, 2.45) is 10.9 Å². The molecule has 0 saturated carbocycles. The van der Waals surface area contributed by atoms with E-state index in [0.717, 1.165) is 12.0 Å². The molecule has 3 nitrogen and oxygen atoms in total. The fourth-order valence-corrected chi connectivity index (χ4v) is 1.37. The van der Waals surface area contributed by atoms with Crippen molar-refractivity contribution >= 4 is 5.84 Å². The average Bonchev–Trinajstić information content (AvgIpc) is 2.27. The molecule has 0 saturated heterocycles. The summed E-state index contributed by atoms with van der Waals surface area (Å²) < 4.78 is 0. The lowest BCUT2D eigenvalue weighted by Crippen LogP contribution is -2.13. The monoisotopic (exact) mass is 206 g/mol. The first-order valence-electron chi connectivity index (χ1n) is 5.24. The van der Waals surface area contributed by atoms with E-state index >= 15 is 0 Å². The van der Waals surface area contributed by atoms with Crippen LogP contribution in [-0.4, -0.2) is 12.9 Å². The number of unbranched alkanes of at least 4 members (excludes halogenated alkanes) is 1. The number of benzene rings is 1. The van der Waals surface area contributed by atoms with E-state index in [1.54, 1.807) is 0 Å². The van der Waals surface area contributed by atoms with Crippen LogP contribution in [0.4, 0.5) is 0 Å². The highest BCUT2D eigenvalue weighted by Crippen LogP contribution is 2.07. The van der Waals surface area contributed by atoms with Crippen LogP contribution in [0.1, 0.15) is 30.9 Å². The van der Waals surface area contributed by atoms with E-state index in [1.165, 1.54) is 25.5 Å². The molecule has 82 valence electrons. The molecule has 3 heteroatoms. The van der Waals surface area contributed by atoms with Gasteiger partial charge in [-0.3, -0.25) is 0 Å². The average molecular weight is 206 g/mol. The lowest BCUT2D eigenvalue weighted by molar-refractivity contribution is 0.213. The molecule has 0 bridgehead atoms. The molecule has 0 radical (unpaired) electrons. The Morgan fingerprint density at radius 2 is 2.00 bits per heavy atom. The van der Waals surface area contributed by atoms with Gasteiger partial charge >= 0.3 is 0 Å². The van der Waals surface area contributed by atoms with Gasteiger partial charge in [-0.2, -0.15) is 0 Å². The normalized spacial score (nSPS) is 11.5. The van der Waals surface area contributed by atoms with Gasteiger partial charge in [0.15, 0.2) is 5.84 Å². The number of nitrogens with zero attached hydrogens (tertiary/aromatic N) is 1. The molecule has 0 aliphatic heterocycles. The molecule has 2 N–H and O–H groups in total. The van der Waals surface area contributed by atoms with Gasteiger partial charge in [-0.05, 0) is 18.4 Å². The summed E-state index contributed by atoms with van der Waals surface area (Å²) in [6.07, 6.45) is 3.56. The van der Waals surface area contributed by atoms with Gasteiger partial charge in [0, 0.05) is 5.56 Å². The number of hydrogen-bond acceptors (Lipinski definition) is 2. The van der Waals surface area contributed by atoms with Crippen LogP contribution in [0, 0.1) is 0 Å². The lowest BCUT2D eigenvalue weighted by atomic mass is 10.1. The Morgan fingerprint density at radius 3 is 2.53 bits per heavy atom. The molecule has 15 heavy (non-hydrogen) atoms. The second kappa shape index (κ2) is 6.06. The van der Waals surface area contributed by atoms with Crippen LogP contribution < -0.4 is 5.73 Å². The second-order valence-electron chi connectivity index (χ2n) is 3.46. The van der Waals surface area contributed by atoms with E-state index in [1.807, 2.05) is 12.1 Å². The van der Waals surface area contributed by atoms with E-state index in [2.05, 4.69) is 29.0 Å². The minimum Gasteiger partial charge on any atom is -0.397 e. The zero-order valence-electron chi connectivity index (χ0n) is 9.36. The first kappa shape index (κ1) is 11.6. The summed E-state index contributed by atoms with van der Waals surface area (Å²) in [5, 5.41) is 3.68. The molecule has 0 aliphatic carbocycles. The van der Waals surface area contributed by atoms with Gasteiger partial charge in [0.05, 0.1) is 0 Å². The summed E-state index contributed by atoms with van der Waals surface area (Å²) >= 11 is 0. The molecule has 0 spiro atoms. The predicted octanol–water partition coefficient (Wildman–Crippen LogP) is 2.30. The largest absolute Gasteiger partial charge is 0.397 e. The molecule has 0 heterocycles. The smallest absolute Gasteiger partial charge is 0.170 e. The van der Waals surface area contributed by atoms with Gasteiger partial charge in [-0.1, -0.05) is 42.8 Å². The third-order valence-electron chi connectivity index (χ3n) is 2.26. The predicted molar refractivity (Wildman–Crippen MR) is 62.8 cm³/mol. The number of nitrogens with two attached hydrogens (primary N) is 1. The van der Waals surface area contributed by atoms with E-state index in [0.29, 0.717) is 5.84 Å². The number of amidine groups is 1. The maximum atomic E-state index is 5.68. The third kappa shape index (κ3) is 3.62. The Kier molecular flexibility index (Phi) is 4.68. The van der Waals surface area contributed by atoms with Crippen molar-refractivity contribution in [2.75, 3.05) is 7.11 Å². The summed E-state index contributed by atoms with van der Waals surface area (Å²) in [5.41, 5.74) is 7.92. The minimum absolute atomic E-state index is 0.416. The van der Waals surface area contributed by atoms with Gasteiger partial charge in [0.25, 0.3) is 0 Å². The number of rotatable bonds is 5. The molecule has 1 aromatic carbocycles. The molecule has 0 aromatic heterocycles. The summed E-state index contributed by atoms with van der Waals surface area (Å²) in [6.45, 7) is 2.19. The number of hydrogen-bond donors (Lipinski definition) is 1. The molecular formula is C12H18N2O. The topological polar surface area (TPSA) is 47.6 Å². The SMILES string of the molecule is CCCCc1ccc(/C(N)=N/OC)cc1. The molecule has 0 amide bonds. The zero-order valence-corrected chi connectivity index (χ0v) is 9.36. The standard InChI is InChI=1S/C12H18N2O/c1-3-4-5-10-6-8-11(9-7-10)12(13)14-15-2/h6-9H,3-5H2,1-2H3,(H2,13,14). The highest BCUT2D eigenvalue weighted by molar-refractivity contribution is 5.97. The van der Waals surface area contributed by atoms with E-state index < -0.39 is 0 Å². The minimum atomic E-state index is 0.416. The Labute approximate surface area is 90.9 Å². The third-order valence-corrected chi connectivity index (χ3v) is 2.26. The molecular weight excluding hydrogens is 188 g/mol. The van der Waals surface area contributed by atoms with Gasteiger partial charge in [-0.25, -0.2) is 0 Å². The van der Waals surface area contributed by atoms with Gasteiger partial charge in [0.1, 0.15) is 7.11 Å². The summed E-state index contributed by atoms with van der Waals surface area (Å²) in [4.78, 5) is 4.62. The quantitative estimate of drug-likeness (QED) is 0.456. The maximum absolute atomic E-state index is 5.68. The highest BCUT2D eigenvalue weighted by Gasteiger charge is 1.98. The summed E-state index contributed by atoms with van der Waals surface area (Å²) in [6, 6.07) is 8.12. The molecule has 0 fully saturated rings. The summed E-state index contributed by atoms with van der Waals surface area (Å²) in [5.74, 6) is 0.416. The fourth-order valence-electron chi connectivity index (χ4n) is 1.37. The van der Waals surface area contributed by atoms with Crippen LogP contribution in [-0.2, 0) is 11.3 Å². The molecule has 0 atom stereocenters. The van der Waals surface area contributed by atoms with Crippen molar-refractivity contribution in [3.05, 3.63) is 35.4 Å². The highest BCUT2D eigenvalue weighted by atomic mass is 16.6. The van der Waals surface area contributed by atoms with Crippen molar-refractivity contribution in [3.63, 3.8) is 0 Å². The van der Waals surface area contributed by atoms with Crippen LogP contribution in [0.25, 0.3) is 0 Å². The van der Waals surface area contributed by atoms with Gasteiger partial charge in [-0.15, -0.1) is 0 Å². The first-order valence-corrected chi connectivity index (χ1v) is 5.24. The van der Waals surface area contributed by atoms with E-state index in [4.69, 9.17) is 5.73 Å². The molecule has 1 rings (SSSR count). The Balaban J connectivity index is 2.67. The fraction of sp³-hybridized carbons (Fsp3) is 0.417. The van der Waals surface area contributed by atoms with Crippen molar-refractivity contribution < 1.29 is 4.84 Å². The maximum Gasteiger partial charge on any atom is 0.170 e. The number of aryl methyl sites for hydroxylation is 1. The second-order valence-corrected chi connectivity index (χ2v) is 3.46. The first-order chi connectivity index (χ1) is 7.27. The Hall–Kier alpha value is -1.51. The Morgan fingerprint density at radius 1 is 1.33 bits per heavy atom.